The van der Waals surface area contributed by atoms with Crippen LogP contribution >= 0.6 is 12.2 Å². The van der Waals surface area contributed by atoms with E-state index in [0.717, 1.165) is 5.69 Å². The molecule has 0 saturated heterocycles. The van der Waals surface area contributed by atoms with E-state index in [4.69, 9.17) is 18.0 Å². The van der Waals surface area contributed by atoms with Crippen LogP contribution in [0.15, 0.2) is 31.0 Å². The van der Waals surface area contributed by atoms with Gasteiger partial charge < -0.3 is 5.73 Å². The molecule has 70 valence electrons. The average Bonchev–Trinajstić information content (AvgIpc) is 2.71. The average molecular weight is 205 g/mol. The molecule has 0 aliphatic heterocycles. The van der Waals surface area contributed by atoms with E-state index >= 15 is 0 Å². The number of hydrogen-bond acceptors (Lipinski definition) is 4. The van der Waals surface area contributed by atoms with Crippen LogP contribution in [0.4, 0.5) is 0 Å². The van der Waals surface area contributed by atoms with Crippen LogP contribution in [-0.2, 0) is 0 Å². The lowest BCUT2D eigenvalue weighted by Crippen LogP contribution is -2.11. The Hall–Kier alpha value is -1.82. The predicted molar refractivity (Wildman–Crippen MR) is 55.0 cm³/mol. The van der Waals surface area contributed by atoms with Gasteiger partial charge in [0.15, 0.2) is 0 Å². The maximum Gasteiger partial charge on any atom is 0.138 e. The lowest BCUT2D eigenvalue weighted by Gasteiger charge is -2.00. The molecule has 0 bridgehead atoms. The van der Waals surface area contributed by atoms with Gasteiger partial charge in [0.1, 0.15) is 17.6 Å². The quantitative estimate of drug-likeness (QED) is 0.714. The van der Waals surface area contributed by atoms with Gasteiger partial charge in [-0.1, -0.05) is 12.2 Å². The molecule has 14 heavy (non-hydrogen) atoms. The summed E-state index contributed by atoms with van der Waals surface area (Å²) in [5.74, 6) is 0. The van der Waals surface area contributed by atoms with Crippen LogP contribution in [0.25, 0.3) is 5.69 Å². The Kier molecular flexibility index (Phi) is 2.19. The van der Waals surface area contributed by atoms with Gasteiger partial charge in [-0.15, -0.1) is 0 Å². The van der Waals surface area contributed by atoms with Crippen LogP contribution in [0.3, 0.4) is 0 Å². The van der Waals surface area contributed by atoms with Crippen LogP contribution in [0.2, 0.25) is 0 Å². The molecule has 0 atom stereocenters. The summed E-state index contributed by atoms with van der Waals surface area (Å²) in [4.78, 5) is 8.20. The second-order valence-electron chi connectivity index (χ2n) is 2.61. The van der Waals surface area contributed by atoms with E-state index in [1.807, 2.05) is 6.07 Å². The van der Waals surface area contributed by atoms with Crippen molar-refractivity contribution in [1.29, 1.82) is 0 Å². The van der Waals surface area contributed by atoms with Crippen LogP contribution in [0, 0.1) is 0 Å². The summed E-state index contributed by atoms with van der Waals surface area (Å²) >= 11 is 4.79. The fourth-order valence-corrected chi connectivity index (χ4v) is 1.13. The number of rotatable bonds is 2. The number of thiocarbonyl (C=S) groups is 1. The monoisotopic (exact) mass is 205 g/mol. The predicted octanol–water partition coefficient (Wildman–Crippen LogP) is 0.297. The third-order valence-electron chi connectivity index (χ3n) is 1.68. The van der Waals surface area contributed by atoms with Crippen molar-refractivity contribution in [2.45, 2.75) is 0 Å². The third kappa shape index (κ3) is 1.60. The molecule has 0 fully saturated rings. The molecule has 0 spiro atoms. The van der Waals surface area contributed by atoms with E-state index in [1.54, 1.807) is 23.3 Å². The summed E-state index contributed by atoms with van der Waals surface area (Å²) < 4.78 is 1.61. The van der Waals surface area contributed by atoms with E-state index in [2.05, 4.69) is 15.1 Å². The molecular weight excluding hydrogens is 198 g/mol. The van der Waals surface area contributed by atoms with Crippen molar-refractivity contribution in [3.05, 3.63) is 36.7 Å². The highest BCUT2D eigenvalue weighted by atomic mass is 32.1. The van der Waals surface area contributed by atoms with Crippen molar-refractivity contribution < 1.29 is 0 Å². The first-order chi connectivity index (χ1) is 6.77. The minimum absolute atomic E-state index is 0.287. The summed E-state index contributed by atoms with van der Waals surface area (Å²) in [6.45, 7) is 0. The molecule has 2 rings (SSSR count). The highest BCUT2D eigenvalue weighted by Crippen LogP contribution is 2.04. The molecule has 0 aliphatic rings. The largest absolute Gasteiger partial charge is 0.388 e. The third-order valence-corrected chi connectivity index (χ3v) is 1.89. The van der Waals surface area contributed by atoms with E-state index in [-0.39, 0.29) is 4.99 Å². The van der Waals surface area contributed by atoms with Crippen molar-refractivity contribution in [3.63, 3.8) is 0 Å². The lowest BCUT2D eigenvalue weighted by molar-refractivity contribution is 0.872. The van der Waals surface area contributed by atoms with Gasteiger partial charge >= 0.3 is 0 Å². The summed E-state index contributed by atoms with van der Waals surface area (Å²) in [6, 6.07) is 3.58. The minimum atomic E-state index is 0.287. The highest BCUT2D eigenvalue weighted by molar-refractivity contribution is 7.80. The van der Waals surface area contributed by atoms with Crippen LogP contribution in [-0.4, -0.2) is 24.7 Å². The Morgan fingerprint density at radius 2 is 2.29 bits per heavy atom. The van der Waals surface area contributed by atoms with E-state index in [1.165, 1.54) is 6.33 Å². The topological polar surface area (TPSA) is 69.6 Å². The van der Waals surface area contributed by atoms with Crippen molar-refractivity contribution in [1.82, 2.24) is 19.7 Å². The Morgan fingerprint density at radius 3 is 2.79 bits per heavy atom. The molecule has 2 N–H and O–H groups in total. The number of hydrogen-bond donors (Lipinski definition) is 1. The number of aromatic nitrogens is 4. The number of pyridine rings is 1. The zero-order valence-corrected chi connectivity index (χ0v) is 7.98. The van der Waals surface area contributed by atoms with E-state index < -0.39 is 0 Å². The SMILES string of the molecule is NC(=S)c1ccc(-n2cncn2)cn1. The molecule has 0 saturated carbocycles. The first-order valence-electron chi connectivity index (χ1n) is 3.88. The molecule has 0 aromatic carbocycles. The van der Waals surface area contributed by atoms with Crippen molar-refractivity contribution in [3.8, 4) is 5.69 Å². The summed E-state index contributed by atoms with van der Waals surface area (Å²) in [6.07, 6.45) is 4.70. The smallest absolute Gasteiger partial charge is 0.138 e. The first-order valence-corrected chi connectivity index (χ1v) is 4.29. The number of nitrogens with zero attached hydrogens (tertiary/aromatic N) is 4. The van der Waals surface area contributed by atoms with E-state index in [0.29, 0.717) is 5.69 Å². The van der Waals surface area contributed by atoms with Crippen LogP contribution in [0.1, 0.15) is 5.69 Å². The van der Waals surface area contributed by atoms with Gasteiger partial charge in [-0.3, -0.25) is 4.98 Å². The summed E-state index contributed by atoms with van der Waals surface area (Å²) in [5.41, 5.74) is 6.84. The van der Waals surface area contributed by atoms with Gasteiger partial charge in [-0.05, 0) is 12.1 Å². The van der Waals surface area contributed by atoms with Gasteiger partial charge in [0.2, 0.25) is 0 Å². The Bertz CT molecular complexity index is 433. The first kappa shape index (κ1) is 8.76. The minimum Gasteiger partial charge on any atom is -0.388 e. The van der Waals surface area contributed by atoms with E-state index in [9.17, 15) is 0 Å². The zero-order valence-electron chi connectivity index (χ0n) is 7.16. The van der Waals surface area contributed by atoms with Crippen molar-refractivity contribution in [2.24, 2.45) is 5.73 Å². The zero-order chi connectivity index (χ0) is 9.97. The Labute approximate surface area is 85.6 Å². The Morgan fingerprint density at radius 1 is 1.43 bits per heavy atom. The molecule has 0 unspecified atom stereocenters. The summed E-state index contributed by atoms with van der Waals surface area (Å²) in [7, 11) is 0. The van der Waals surface area contributed by atoms with Crippen LogP contribution < -0.4 is 5.73 Å². The second-order valence-corrected chi connectivity index (χ2v) is 3.05. The van der Waals surface area contributed by atoms with Crippen LogP contribution in [0.5, 0.6) is 0 Å². The molecule has 2 heterocycles. The lowest BCUT2D eigenvalue weighted by atomic mass is 10.3. The van der Waals surface area contributed by atoms with Gasteiger partial charge in [0.25, 0.3) is 0 Å². The fraction of sp³-hybridized carbons (Fsp3) is 0. The number of nitrogens with two attached hydrogens (primary N) is 1. The molecule has 5 nitrogen and oxygen atoms in total. The van der Waals surface area contributed by atoms with Gasteiger partial charge in [0.05, 0.1) is 17.6 Å². The highest BCUT2D eigenvalue weighted by Gasteiger charge is 1.99. The second kappa shape index (κ2) is 3.51. The fourth-order valence-electron chi connectivity index (χ4n) is 1.01. The van der Waals surface area contributed by atoms with Gasteiger partial charge in [-0.2, -0.15) is 5.10 Å². The molecule has 0 amide bonds. The molecule has 2 aromatic rings. The van der Waals surface area contributed by atoms with Gasteiger partial charge in [0, 0.05) is 0 Å². The molecular formula is C8H7N5S. The molecule has 6 heteroatoms. The van der Waals surface area contributed by atoms with Gasteiger partial charge in [-0.25, -0.2) is 9.67 Å². The molecule has 0 radical (unpaired) electrons. The van der Waals surface area contributed by atoms with Crippen molar-refractivity contribution in [2.75, 3.05) is 0 Å². The standard InChI is InChI=1S/C8H7N5S/c9-8(14)7-2-1-6(3-11-7)13-5-10-4-12-13/h1-5H,(H2,9,14). The Balaban J connectivity index is 2.36. The van der Waals surface area contributed by atoms with Crippen molar-refractivity contribution >= 4 is 17.2 Å². The summed E-state index contributed by atoms with van der Waals surface area (Å²) in [5, 5.41) is 3.96. The molecule has 2 aromatic heterocycles. The maximum absolute atomic E-state index is 5.42. The maximum atomic E-state index is 5.42. The normalized spacial score (nSPS) is 10.0. The molecule has 0 aliphatic carbocycles.